The molecule has 0 aromatic heterocycles. The van der Waals surface area contributed by atoms with Crippen molar-refractivity contribution in [2.75, 3.05) is 13.1 Å². The number of carbonyl (C=O) groups excluding carboxylic acids is 2. The van der Waals surface area contributed by atoms with Crippen molar-refractivity contribution in [3.8, 4) is 0 Å². The summed E-state index contributed by atoms with van der Waals surface area (Å²) in [7, 11) is 0. The second kappa shape index (κ2) is 8.23. The lowest BCUT2D eigenvalue weighted by Gasteiger charge is -2.16. The van der Waals surface area contributed by atoms with E-state index in [1.54, 1.807) is 0 Å². The molecule has 15 heavy (non-hydrogen) atoms. The van der Waals surface area contributed by atoms with E-state index in [2.05, 4.69) is 17.6 Å². The minimum absolute atomic E-state index is 0.0196. The average Bonchev–Trinajstić information content (AvgIpc) is 2.21. The lowest BCUT2D eigenvalue weighted by atomic mass is 10.1. The van der Waals surface area contributed by atoms with Gasteiger partial charge in [-0.3, -0.25) is 9.59 Å². The standard InChI is InChI=1S/C10H21N3O2/c1-3-4-5-9(6-11)13-10(15)7-12-8(2)14/h9H,3-7,11H2,1-2H3,(H,12,14)(H,13,15). The fourth-order valence-corrected chi connectivity index (χ4v) is 1.18. The van der Waals surface area contributed by atoms with Gasteiger partial charge in [0.2, 0.25) is 11.8 Å². The molecule has 0 aromatic rings. The average molecular weight is 215 g/mol. The molecule has 5 heteroatoms. The topological polar surface area (TPSA) is 84.2 Å². The Morgan fingerprint density at radius 3 is 2.53 bits per heavy atom. The normalized spacial score (nSPS) is 11.9. The summed E-state index contributed by atoms with van der Waals surface area (Å²) in [4.78, 5) is 21.9. The van der Waals surface area contributed by atoms with Crippen LogP contribution < -0.4 is 16.4 Å². The lowest BCUT2D eigenvalue weighted by Crippen LogP contribution is -2.44. The van der Waals surface area contributed by atoms with Crippen molar-refractivity contribution in [1.29, 1.82) is 0 Å². The number of hydrogen-bond acceptors (Lipinski definition) is 3. The summed E-state index contributed by atoms with van der Waals surface area (Å²) in [6, 6.07) is 0.0196. The molecule has 1 unspecified atom stereocenters. The number of amides is 2. The first kappa shape index (κ1) is 13.9. The van der Waals surface area contributed by atoms with Crippen molar-refractivity contribution in [3.05, 3.63) is 0 Å². The SMILES string of the molecule is CCCCC(CN)NC(=O)CNC(C)=O. The first-order valence-corrected chi connectivity index (χ1v) is 5.34. The number of rotatable bonds is 7. The summed E-state index contributed by atoms with van der Waals surface area (Å²) in [5, 5.41) is 5.22. The zero-order valence-corrected chi connectivity index (χ0v) is 9.51. The van der Waals surface area contributed by atoms with E-state index in [0.29, 0.717) is 6.54 Å². The third-order valence-electron chi connectivity index (χ3n) is 2.05. The summed E-state index contributed by atoms with van der Waals surface area (Å²) < 4.78 is 0. The van der Waals surface area contributed by atoms with Crippen LogP contribution in [-0.4, -0.2) is 30.9 Å². The predicted octanol–water partition coefficient (Wildman–Crippen LogP) is -0.244. The van der Waals surface area contributed by atoms with Crippen LogP contribution in [0.2, 0.25) is 0 Å². The Kier molecular flexibility index (Phi) is 7.62. The van der Waals surface area contributed by atoms with E-state index < -0.39 is 0 Å². The highest BCUT2D eigenvalue weighted by molar-refractivity contribution is 5.83. The number of carbonyl (C=O) groups is 2. The van der Waals surface area contributed by atoms with E-state index in [4.69, 9.17) is 5.73 Å². The molecule has 0 aromatic carbocycles. The van der Waals surface area contributed by atoms with E-state index in [9.17, 15) is 9.59 Å². The number of nitrogens with one attached hydrogen (secondary N) is 2. The maximum atomic E-state index is 11.3. The molecule has 4 N–H and O–H groups in total. The molecule has 88 valence electrons. The highest BCUT2D eigenvalue weighted by Crippen LogP contribution is 1.98. The van der Waals surface area contributed by atoms with Crippen LogP contribution in [0.15, 0.2) is 0 Å². The number of unbranched alkanes of at least 4 members (excludes halogenated alkanes) is 1. The van der Waals surface area contributed by atoms with Crippen LogP contribution in [0.4, 0.5) is 0 Å². The molecule has 0 bridgehead atoms. The molecule has 0 aliphatic carbocycles. The molecule has 0 rings (SSSR count). The molecule has 0 saturated carbocycles. The Hall–Kier alpha value is -1.10. The van der Waals surface area contributed by atoms with E-state index in [1.807, 2.05) is 0 Å². The smallest absolute Gasteiger partial charge is 0.239 e. The Balaban J connectivity index is 3.74. The van der Waals surface area contributed by atoms with Crippen LogP contribution in [-0.2, 0) is 9.59 Å². The Bertz CT molecular complexity index is 207. The summed E-state index contributed by atoms with van der Waals surface area (Å²) in [5.74, 6) is -0.389. The molecule has 5 nitrogen and oxygen atoms in total. The summed E-state index contributed by atoms with van der Waals surface area (Å²) in [6.07, 6.45) is 3.01. The lowest BCUT2D eigenvalue weighted by molar-refractivity contribution is -0.125. The maximum Gasteiger partial charge on any atom is 0.239 e. The van der Waals surface area contributed by atoms with Crippen molar-refractivity contribution in [2.24, 2.45) is 5.73 Å². The van der Waals surface area contributed by atoms with E-state index >= 15 is 0 Å². The predicted molar refractivity (Wildman–Crippen MR) is 59.2 cm³/mol. The van der Waals surface area contributed by atoms with Gasteiger partial charge in [0.25, 0.3) is 0 Å². The zero-order chi connectivity index (χ0) is 11.7. The molecule has 0 saturated heterocycles. The molecule has 0 spiro atoms. The Labute approximate surface area is 90.8 Å². The molecule has 0 heterocycles. The number of nitrogens with two attached hydrogens (primary N) is 1. The fraction of sp³-hybridized carbons (Fsp3) is 0.800. The third-order valence-corrected chi connectivity index (χ3v) is 2.05. The van der Waals surface area contributed by atoms with Crippen molar-refractivity contribution in [1.82, 2.24) is 10.6 Å². The van der Waals surface area contributed by atoms with Crippen LogP contribution >= 0.6 is 0 Å². The molecule has 2 amide bonds. The van der Waals surface area contributed by atoms with Crippen LogP contribution in [0.1, 0.15) is 33.1 Å². The van der Waals surface area contributed by atoms with Gasteiger partial charge in [-0.25, -0.2) is 0 Å². The first-order chi connectivity index (χ1) is 7.10. The fourth-order valence-electron chi connectivity index (χ4n) is 1.18. The van der Waals surface area contributed by atoms with Gasteiger partial charge in [0.15, 0.2) is 0 Å². The van der Waals surface area contributed by atoms with Crippen LogP contribution in [0, 0.1) is 0 Å². The van der Waals surface area contributed by atoms with Gasteiger partial charge < -0.3 is 16.4 Å². The van der Waals surface area contributed by atoms with Crippen molar-refractivity contribution >= 4 is 11.8 Å². The largest absolute Gasteiger partial charge is 0.351 e. The Morgan fingerprint density at radius 1 is 1.40 bits per heavy atom. The first-order valence-electron chi connectivity index (χ1n) is 5.34. The van der Waals surface area contributed by atoms with E-state index in [-0.39, 0.29) is 24.4 Å². The summed E-state index contributed by atoms with van der Waals surface area (Å²) >= 11 is 0. The molecule has 1 atom stereocenters. The van der Waals surface area contributed by atoms with Crippen LogP contribution in [0.25, 0.3) is 0 Å². The summed E-state index contributed by atoms with van der Waals surface area (Å²) in [5.41, 5.74) is 5.52. The van der Waals surface area contributed by atoms with Crippen molar-refractivity contribution in [3.63, 3.8) is 0 Å². The van der Waals surface area contributed by atoms with Gasteiger partial charge in [-0.15, -0.1) is 0 Å². The minimum Gasteiger partial charge on any atom is -0.351 e. The van der Waals surface area contributed by atoms with Crippen LogP contribution in [0.3, 0.4) is 0 Å². The van der Waals surface area contributed by atoms with Crippen molar-refractivity contribution in [2.45, 2.75) is 39.2 Å². The maximum absolute atomic E-state index is 11.3. The summed E-state index contributed by atoms with van der Waals surface area (Å²) in [6.45, 7) is 3.93. The zero-order valence-electron chi connectivity index (χ0n) is 9.51. The minimum atomic E-state index is -0.206. The third kappa shape index (κ3) is 7.93. The number of hydrogen-bond donors (Lipinski definition) is 3. The highest BCUT2D eigenvalue weighted by Gasteiger charge is 2.09. The molecular weight excluding hydrogens is 194 g/mol. The second-order valence-corrected chi connectivity index (χ2v) is 3.55. The molecular formula is C10H21N3O2. The Morgan fingerprint density at radius 2 is 2.07 bits per heavy atom. The van der Waals surface area contributed by atoms with Gasteiger partial charge >= 0.3 is 0 Å². The van der Waals surface area contributed by atoms with Gasteiger partial charge in [-0.2, -0.15) is 0 Å². The molecule has 0 aliphatic heterocycles. The van der Waals surface area contributed by atoms with E-state index in [1.165, 1.54) is 6.92 Å². The molecule has 0 fully saturated rings. The van der Waals surface area contributed by atoms with Crippen molar-refractivity contribution < 1.29 is 9.59 Å². The van der Waals surface area contributed by atoms with Gasteiger partial charge in [0.05, 0.1) is 6.54 Å². The van der Waals surface area contributed by atoms with Gasteiger partial charge in [0.1, 0.15) is 0 Å². The molecule has 0 aliphatic rings. The van der Waals surface area contributed by atoms with Gasteiger partial charge in [-0.1, -0.05) is 19.8 Å². The van der Waals surface area contributed by atoms with Gasteiger partial charge in [-0.05, 0) is 6.42 Å². The highest BCUT2D eigenvalue weighted by atomic mass is 16.2. The molecule has 0 radical (unpaired) electrons. The van der Waals surface area contributed by atoms with Crippen LogP contribution in [0.5, 0.6) is 0 Å². The van der Waals surface area contributed by atoms with E-state index in [0.717, 1.165) is 19.3 Å². The quantitative estimate of drug-likeness (QED) is 0.548. The second-order valence-electron chi connectivity index (χ2n) is 3.55. The monoisotopic (exact) mass is 215 g/mol. The van der Waals surface area contributed by atoms with Gasteiger partial charge in [0, 0.05) is 19.5 Å².